The maximum absolute atomic E-state index is 12.6. The number of halogens is 1. The number of amides is 1. The van der Waals surface area contributed by atoms with Gasteiger partial charge in [-0.05, 0) is 24.6 Å². The van der Waals surface area contributed by atoms with Crippen LogP contribution in [-0.4, -0.2) is 31.6 Å². The molecule has 1 fully saturated rings. The first kappa shape index (κ1) is 15.2. The molecule has 8 heteroatoms. The van der Waals surface area contributed by atoms with Crippen molar-refractivity contribution in [2.45, 2.75) is 6.92 Å². The minimum Gasteiger partial charge on any atom is -0.296 e. The molecule has 0 aliphatic carbocycles. The molecule has 5 nitrogen and oxygen atoms in total. The number of thioether (sulfide) groups is 1. The molecule has 0 radical (unpaired) electrons. The number of carbonyl (C=O) groups excluding carboxylic acids is 1. The summed E-state index contributed by atoms with van der Waals surface area (Å²) in [5.41, 5.74) is 1.20. The molecule has 0 unspecified atom stereocenters. The van der Waals surface area contributed by atoms with Crippen molar-refractivity contribution >= 4 is 57.5 Å². The van der Waals surface area contributed by atoms with Crippen LogP contribution in [0.5, 0.6) is 0 Å². The first-order valence-electron chi connectivity index (χ1n) is 6.29. The van der Waals surface area contributed by atoms with Crippen molar-refractivity contribution in [2.24, 2.45) is 0 Å². The van der Waals surface area contributed by atoms with Gasteiger partial charge in [0.1, 0.15) is 15.1 Å². The lowest BCUT2D eigenvalue weighted by atomic mass is 10.2. The Morgan fingerprint density at radius 1 is 1.41 bits per heavy atom. The first-order chi connectivity index (χ1) is 10.4. The lowest BCUT2D eigenvalue weighted by Crippen LogP contribution is -2.22. The van der Waals surface area contributed by atoms with Crippen molar-refractivity contribution in [3.8, 4) is 0 Å². The Balaban J connectivity index is 2.23. The highest BCUT2D eigenvalue weighted by molar-refractivity contribution is 8.26. The molecule has 3 heterocycles. The number of hydrogen-bond acceptors (Lipinski definition) is 5. The molecule has 1 aliphatic heterocycles. The maximum atomic E-state index is 12.6. The second-order valence-corrected chi connectivity index (χ2v) is 6.78. The van der Waals surface area contributed by atoms with Crippen LogP contribution in [0.15, 0.2) is 28.0 Å². The molecule has 3 rings (SSSR count). The number of carbonyl (C=O) groups is 1. The Morgan fingerprint density at radius 2 is 2.14 bits per heavy atom. The Kier molecular flexibility index (Phi) is 3.80. The van der Waals surface area contributed by atoms with Crippen LogP contribution in [0.3, 0.4) is 0 Å². The zero-order chi connectivity index (χ0) is 16.0. The fourth-order valence-electron chi connectivity index (χ4n) is 2.08. The number of aromatic nitrogens is 2. The molecular formula is C14H10ClN3O2S2. The summed E-state index contributed by atoms with van der Waals surface area (Å²) in [5.74, 6) is -0.250. The van der Waals surface area contributed by atoms with Crippen molar-refractivity contribution in [1.82, 2.24) is 14.3 Å². The summed E-state index contributed by atoms with van der Waals surface area (Å²) in [7, 11) is 1.59. The van der Waals surface area contributed by atoms with E-state index in [4.69, 9.17) is 23.8 Å². The van der Waals surface area contributed by atoms with Gasteiger partial charge >= 0.3 is 0 Å². The largest absolute Gasteiger partial charge is 0.296 e. The van der Waals surface area contributed by atoms with Crippen LogP contribution >= 0.6 is 35.6 Å². The molecule has 2 aromatic rings. The van der Waals surface area contributed by atoms with Crippen molar-refractivity contribution in [1.29, 1.82) is 0 Å². The van der Waals surface area contributed by atoms with E-state index in [0.717, 1.165) is 17.3 Å². The van der Waals surface area contributed by atoms with Crippen molar-refractivity contribution in [3.05, 3.63) is 49.9 Å². The van der Waals surface area contributed by atoms with Gasteiger partial charge in [0.05, 0.1) is 10.5 Å². The van der Waals surface area contributed by atoms with Crippen LogP contribution in [0.4, 0.5) is 0 Å². The van der Waals surface area contributed by atoms with Crippen molar-refractivity contribution in [3.63, 3.8) is 0 Å². The van der Waals surface area contributed by atoms with E-state index in [1.807, 2.05) is 13.0 Å². The van der Waals surface area contributed by atoms with Crippen LogP contribution in [0, 0.1) is 6.92 Å². The van der Waals surface area contributed by atoms with Gasteiger partial charge < -0.3 is 0 Å². The number of pyridine rings is 1. The van der Waals surface area contributed by atoms with Gasteiger partial charge in [0, 0.05) is 13.2 Å². The standard InChI is InChI=1S/C14H10ClN3O2S2/c1-7-4-3-5-18-11(7)16-10(15)8(12(18)19)6-9-13(20)17(2)14(21)22-9/h3-6H,1-2H3/b9-6+. The smallest absolute Gasteiger partial charge is 0.266 e. The number of nitrogens with zero attached hydrogens (tertiary/aromatic N) is 3. The number of aryl methyl sites for hydroxylation is 1. The summed E-state index contributed by atoms with van der Waals surface area (Å²) in [4.78, 5) is 30.6. The van der Waals surface area contributed by atoms with E-state index < -0.39 is 0 Å². The fraction of sp³-hybridized carbons (Fsp3) is 0.143. The first-order valence-corrected chi connectivity index (χ1v) is 7.89. The number of likely N-dealkylation sites (N-methyl/N-ethyl adjacent to an activating group) is 1. The van der Waals surface area contributed by atoms with E-state index in [1.165, 1.54) is 15.4 Å². The van der Waals surface area contributed by atoms with E-state index in [2.05, 4.69) is 4.98 Å². The third-order valence-electron chi connectivity index (χ3n) is 3.30. The predicted molar refractivity (Wildman–Crippen MR) is 92.1 cm³/mol. The normalized spacial score (nSPS) is 17.0. The van der Waals surface area contributed by atoms with Gasteiger partial charge in [-0.15, -0.1) is 0 Å². The van der Waals surface area contributed by atoms with Crippen molar-refractivity contribution in [2.75, 3.05) is 7.05 Å². The van der Waals surface area contributed by atoms with E-state index in [9.17, 15) is 9.59 Å². The molecule has 22 heavy (non-hydrogen) atoms. The monoisotopic (exact) mass is 351 g/mol. The average Bonchev–Trinajstić information content (AvgIpc) is 2.72. The maximum Gasteiger partial charge on any atom is 0.266 e. The number of thiocarbonyl (C=S) groups is 1. The summed E-state index contributed by atoms with van der Waals surface area (Å²) >= 11 is 12.3. The number of rotatable bonds is 1. The van der Waals surface area contributed by atoms with Crippen LogP contribution in [0.1, 0.15) is 11.1 Å². The average molecular weight is 352 g/mol. The molecule has 2 aromatic heterocycles. The second kappa shape index (κ2) is 5.49. The molecule has 1 amide bonds. The molecule has 112 valence electrons. The van der Waals surface area contributed by atoms with Crippen LogP contribution < -0.4 is 5.56 Å². The third-order valence-corrected chi connectivity index (χ3v) is 5.07. The zero-order valence-electron chi connectivity index (χ0n) is 11.7. The lowest BCUT2D eigenvalue weighted by Gasteiger charge is -2.06. The minimum absolute atomic E-state index is 0.0701. The SMILES string of the molecule is Cc1cccn2c(=O)c(/C=C3/SC(=S)N(C)C3=O)c(Cl)nc12. The zero-order valence-corrected chi connectivity index (χ0v) is 14.1. The molecule has 0 bridgehead atoms. The molecule has 0 saturated carbocycles. The third kappa shape index (κ3) is 2.35. The molecule has 1 aliphatic rings. The Morgan fingerprint density at radius 3 is 2.77 bits per heavy atom. The van der Waals surface area contributed by atoms with Gasteiger partial charge in [-0.25, -0.2) is 4.98 Å². The van der Waals surface area contributed by atoms with E-state index >= 15 is 0 Å². The molecule has 0 atom stereocenters. The van der Waals surface area contributed by atoms with Gasteiger partial charge in [0.25, 0.3) is 11.5 Å². The Bertz CT molecular complexity index is 920. The molecule has 1 saturated heterocycles. The van der Waals surface area contributed by atoms with E-state index in [-0.39, 0.29) is 22.2 Å². The van der Waals surface area contributed by atoms with Gasteiger partial charge in [0.15, 0.2) is 0 Å². The van der Waals surface area contributed by atoms with E-state index in [0.29, 0.717) is 14.9 Å². The molecule has 0 N–H and O–H groups in total. The summed E-state index contributed by atoms with van der Waals surface area (Å²) < 4.78 is 1.86. The highest BCUT2D eigenvalue weighted by atomic mass is 35.5. The van der Waals surface area contributed by atoms with Gasteiger partial charge in [-0.3, -0.25) is 18.9 Å². The quantitative estimate of drug-likeness (QED) is 0.449. The lowest BCUT2D eigenvalue weighted by molar-refractivity contribution is -0.121. The number of hydrogen-bond donors (Lipinski definition) is 0. The van der Waals surface area contributed by atoms with Gasteiger partial charge in [-0.2, -0.15) is 0 Å². The van der Waals surface area contributed by atoms with Crippen molar-refractivity contribution < 1.29 is 4.79 Å². The molecular weight excluding hydrogens is 342 g/mol. The van der Waals surface area contributed by atoms with Crippen LogP contribution in [0.2, 0.25) is 5.15 Å². The van der Waals surface area contributed by atoms with Crippen LogP contribution in [0.25, 0.3) is 11.7 Å². The molecule has 0 aromatic carbocycles. The summed E-state index contributed by atoms with van der Waals surface area (Å²) in [5, 5.41) is 0.0701. The summed E-state index contributed by atoms with van der Waals surface area (Å²) in [6.45, 7) is 1.85. The highest BCUT2D eigenvalue weighted by Gasteiger charge is 2.29. The predicted octanol–water partition coefficient (Wildman–Crippen LogP) is 2.49. The fourth-order valence-corrected chi connectivity index (χ4v) is 3.46. The van der Waals surface area contributed by atoms with Gasteiger partial charge in [0.2, 0.25) is 0 Å². The summed E-state index contributed by atoms with van der Waals surface area (Å²) in [6.07, 6.45) is 3.08. The highest BCUT2D eigenvalue weighted by Crippen LogP contribution is 2.31. The number of fused-ring (bicyclic) bond motifs is 1. The summed E-state index contributed by atoms with van der Waals surface area (Å²) in [6, 6.07) is 3.61. The molecule has 0 spiro atoms. The topological polar surface area (TPSA) is 54.7 Å². The minimum atomic E-state index is -0.319. The van der Waals surface area contributed by atoms with E-state index in [1.54, 1.807) is 19.3 Å². The Labute approximate surface area is 140 Å². The Hall–Kier alpha value is -1.70. The van der Waals surface area contributed by atoms with Gasteiger partial charge in [-0.1, -0.05) is 41.6 Å². The van der Waals surface area contributed by atoms with Crippen LogP contribution in [-0.2, 0) is 4.79 Å². The second-order valence-electron chi connectivity index (χ2n) is 4.75.